The lowest BCUT2D eigenvalue weighted by Gasteiger charge is -2.22. The van der Waals surface area contributed by atoms with E-state index >= 15 is 0 Å². The fraction of sp³-hybridized carbons (Fsp3) is 0.500. The van der Waals surface area contributed by atoms with E-state index in [1.807, 2.05) is 29.5 Å². The van der Waals surface area contributed by atoms with Crippen molar-refractivity contribution in [2.45, 2.75) is 26.4 Å². The van der Waals surface area contributed by atoms with E-state index in [9.17, 15) is 9.59 Å². The van der Waals surface area contributed by atoms with Crippen LogP contribution in [0.25, 0.3) is 0 Å². The zero-order valence-corrected chi connectivity index (χ0v) is 11.7. The van der Waals surface area contributed by atoms with E-state index in [4.69, 9.17) is 0 Å². The topological polar surface area (TPSA) is 61.4 Å². The summed E-state index contributed by atoms with van der Waals surface area (Å²) in [5.41, 5.74) is 0. The maximum Gasteiger partial charge on any atom is 0.321 e. The minimum atomic E-state index is -0.445. The standard InChI is InChI=1S/C12H19N3O2S/c1-4-13-12(17)14-11(16)9(2)15(3)8-10-6-5-7-18-10/h5-7,9H,4,8H2,1-3H3,(H2,13,14,16,17). The zero-order chi connectivity index (χ0) is 13.5. The van der Waals surface area contributed by atoms with E-state index in [-0.39, 0.29) is 11.9 Å². The lowest BCUT2D eigenvalue weighted by molar-refractivity contribution is -0.124. The van der Waals surface area contributed by atoms with Crippen molar-refractivity contribution in [3.8, 4) is 0 Å². The van der Waals surface area contributed by atoms with E-state index in [0.29, 0.717) is 13.1 Å². The van der Waals surface area contributed by atoms with E-state index in [1.54, 1.807) is 25.2 Å². The highest BCUT2D eigenvalue weighted by atomic mass is 32.1. The molecule has 0 aromatic carbocycles. The molecule has 0 aliphatic heterocycles. The maximum atomic E-state index is 11.8. The van der Waals surface area contributed by atoms with Gasteiger partial charge in [-0.3, -0.25) is 15.0 Å². The molecule has 18 heavy (non-hydrogen) atoms. The Bertz CT molecular complexity index is 392. The van der Waals surface area contributed by atoms with Crippen molar-refractivity contribution in [2.75, 3.05) is 13.6 Å². The van der Waals surface area contributed by atoms with Gasteiger partial charge in [-0.15, -0.1) is 11.3 Å². The molecule has 1 aromatic heterocycles. The first-order chi connectivity index (χ1) is 8.54. The smallest absolute Gasteiger partial charge is 0.321 e. The number of hydrogen-bond donors (Lipinski definition) is 2. The molecule has 6 heteroatoms. The van der Waals surface area contributed by atoms with Gasteiger partial charge in [0.05, 0.1) is 6.04 Å². The largest absolute Gasteiger partial charge is 0.338 e. The van der Waals surface area contributed by atoms with Crippen molar-refractivity contribution in [2.24, 2.45) is 0 Å². The molecule has 0 spiro atoms. The second kappa shape index (κ2) is 7.13. The van der Waals surface area contributed by atoms with E-state index in [0.717, 1.165) is 0 Å². The van der Waals surface area contributed by atoms with Gasteiger partial charge in [0.2, 0.25) is 5.91 Å². The molecular formula is C12H19N3O2S. The summed E-state index contributed by atoms with van der Waals surface area (Å²) in [7, 11) is 1.86. The third-order valence-electron chi connectivity index (χ3n) is 2.60. The lowest BCUT2D eigenvalue weighted by Crippen LogP contribution is -2.48. The Morgan fingerprint density at radius 2 is 2.22 bits per heavy atom. The summed E-state index contributed by atoms with van der Waals surface area (Å²) in [6, 6.07) is 3.21. The first-order valence-electron chi connectivity index (χ1n) is 5.86. The second-order valence-corrected chi connectivity index (χ2v) is 5.05. The molecule has 1 unspecified atom stereocenters. The van der Waals surface area contributed by atoms with Gasteiger partial charge in [-0.05, 0) is 32.3 Å². The number of nitrogens with one attached hydrogen (secondary N) is 2. The summed E-state index contributed by atoms with van der Waals surface area (Å²) in [5, 5.41) is 6.84. The molecule has 1 atom stereocenters. The Morgan fingerprint density at radius 3 is 2.78 bits per heavy atom. The van der Waals surface area contributed by atoms with Crippen LogP contribution >= 0.6 is 11.3 Å². The van der Waals surface area contributed by atoms with Crippen molar-refractivity contribution in [3.05, 3.63) is 22.4 Å². The first-order valence-corrected chi connectivity index (χ1v) is 6.73. The lowest BCUT2D eigenvalue weighted by atomic mass is 10.2. The Balaban J connectivity index is 2.45. The summed E-state index contributed by atoms with van der Waals surface area (Å²) >= 11 is 1.65. The summed E-state index contributed by atoms with van der Waals surface area (Å²) in [4.78, 5) is 26.1. The second-order valence-electron chi connectivity index (χ2n) is 4.02. The number of thiophene rings is 1. The number of amides is 3. The fourth-order valence-corrected chi connectivity index (χ4v) is 2.17. The molecule has 2 N–H and O–H groups in total. The number of imide groups is 1. The van der Waals surface area contributed by atoms with Crippen LogP contribution in [0.15, 0.2) is 17.5 Å². The highest BCUT2D eigenvalue weighted by Gasteiger charge is 2.20. The van der Waals surface area contributed by atoms with Crippen molar-refractivity contribution in [1.29, 1.82) is 0 Å². The van der Waals surface area contributed by atoms with Gasteiger partial charge in [-0.1, -0.05) is 6.07 Å². The van der Waals surface area contributed by atoms with E-state index in [1.165, 1.54) is 4.88 Å². The highest BCUT2D eigenvalue weighted by Crippen LogP contribution is 2.12. The summed E-state index contributed by atoms with van der Waals surface area (Å²) in [5.74, 6) is -0.292. The summed E-state index contributed by atoms with van der Waals surface area (Å²) in [6.07, 6.45) is 0. The van der Waals surface area contributed by atoms with Crippen LogP contribution in [0.3, 0.4) is 0 Å². The van der Waals surface area contributed by atoms with Crippen LogP contribution in [0.2, 0.25) is 0 Å². The molecule has 1 heterocycles. The van der Waals surface area contributed by atoms with Gasteiger partial charge in [0.15, 0.2) is 0 Å². The predicted octanol–water partition coefficient (Wildman–Crippen LogP) is 1.41. The van der Waals surface area contributed by atoms with Gasteiger partial charge >= 0.3 is 6.03 Å². The molecule has 1 rings (SSSR count). The van der Waals surface area contributed by atoms with Gasteiger partial charge in [0, 0.05) is 18.0 Å². The average Bonchev–Trinajstić information content (AvgIpc) is 2.80. The molecule has 0 saturated heterocycles. The fourth-order valence-electron chi connectivity index (χ4n) is 1.41. The van der Waals surface area contributed by atoms with Crippen molar-refractivity contribution in [1.82, 2.24) is 15.5 Å². The molecule has 5 nitrogen and oxygen atoms in total. The van der Waals surface area contributed by atoms with Gasteiger partial charge in [-0.2, -0.15) is 0 Å². The third kappa shape index (κ3) is 4.46. The molecule has 0 aliphatic rings. The van der Waals surface area contributed by atoms with Crippen LogP contribution in [-0.2, 0) is 11.3 Å². The number of urea groups is 1. The summed E-state index contributed by atoms with van der Waals surface area (Å²) in [6.45, 7) is 4.78. The SMILES string of the molecule is CCNC(=O)NC(=O)C(C)N(C)Cc1cccs1. The van der Waals surface area contributed by atoms with Crippen molar-refractivity contribution >= 4 is 23.3 Å². The zero-order valence-electron chi connectivity index (χ0n) is 10.9. The van der Waals surface area contributed by atoms with Gasteiger partial charge < -0.3 is 5.32 Å². The Morgan fingerprint density at radius 1 is 1.50 bits per heavy atom. The van der Waals surface area contributed by atoms with Crippen LogP contribution in [0.4, 0.5) is 4.79 Å². The molecule has 100 valence electrons. The molecular weight excluding hydrogens is 250 g/mol. The predicted molar refractivity (Wildman–Crippen MR) is 72.5 cm³/mol. The highest BCUT2D eigenvalue weighted by molar-refractivity contribution is 7.09. The van der Waals surface area contributed by atoms with Crippen LogP contribution in [-0.4, -0.2) is 36.5 Å². The number of nitrogens with zero attached hydrogens (tertiary/aromatic N) is 1. The Labute approximate surface area is 111 Å². The van der Waals surface area contributed by atoms with Crippen LogP contribution < -0.4 is 10.6 Å². The number of likely N-dealkylation sites (N-methyl/N-ethyl adjacent to an activating group) is 1. The number of rotatable bonds is 5. The van der Waals surface area contributed by atoms with Crippen LogP contribution in [0, 0.1) is 0 Å². The molecule has 1 aromatic rings. The molecule has 0 fully saturated rings. The third-order valence-corrected chi connectivity index (χ3v) is 3.46. The molecule has 0 saturated carbocycles. The minimum absolute atomic E-state index is 0.292. The number of hydrogen-bond acceptors (Lipinski definition) is 4. The molecule has 0 aliphatic carbocycles. The normalized spacial score (nSPS) is 12.2. The maximum absolute atomic E-state index is 11.8. The van der Waals surface area contributed by atoms with Crippen LogP contribution in [0.5, 0.6) is 0 Å². The Kier molecular flexibility index (Phi) is 5.80. The molecule has 0 bridgehead atoms. The molecule has 3 amide bonds. The molecule has 0 radical (unpaired) electrons. The van der Waals surface area contributed by atoms with Crippen LogP contribution in [0.1, 0.15) is 18.7 Å². The van der Waals surface area contributed by atoms with Gasteiger partial charge in [0.25, 0.3) is 0 Å². The summed E-state index contributed by atoms with van der Waals surface area (Å²) < 4.78 is 0. The number of carbonyl (C=O) groups excluding carboxylic acids is 2. The van der Waals surface area contributed by atoms with Crippen molar-refractivity contribution in [3.63, 3.8) is 0 Å². The van der Waals surface area contributed by atoms with E-state index in [2.05, 4.69) is 10.6 Å². The number of carbonyl (C=O) groups is 2. The van der Waals surface area contributed by atoms with Gasteiger partial charge in [0.1, 0.15) is 0 Å². The van der Waals surface area contributed by atoms with Gasteiger partial charge in [-0.25, -0.2) is 4.79 Å². The average molecular weight is 269 g/mol. The minimum Gasteiger partial charge on any atom is -0.338 e. The Hall–Kier alpha value is -1.40. The van der Waals surface area contributed by atoms with E-state index < -0.39 is 6.03 Å². The van der Waals surface area contributed by atoms with Crippen molar-refractivity contribution < 1.29 is 9.59 Å². The quantitative estimate of drug-likeness (QED) is 0.849. The monoisotopic (exact) mass is 269 g/mol. The first kappa shape index (κ1) is 14.7.